The van der Waals surface area contributed by atoms with E-state index < -0.39 is 42.7 Å². The summed E-state index contributed by atoms with van der Waals surface area (Å²) in [4.78, 5) is 44.0. The third-order valence-corrected chi connectivity index (χ3v) is 4.94. The van der Waals surface area contributed by atoms with Crippen molar-refractivity contribution >= 4 is 19.5 Å². The van der Waals surface area contributed by atoms with Crippen LogP contribution in [0.25, 0.3) is 0 Å². The Morgan fingerprint density at radius 2 is 1.38 bits per heavy atom. The van der Waals surface area contributed by atoms with Gasteiger partial charge < -0.3 is 24.0 Å². The molecule has 0 aliphatic rings. The quantitative estimate of drug-likeness (QED) is 0.321. The highest BCUT2D eigenvalue weighted by Gasteiger charge is 2.64. The van der Waals surface area contributed by atoms with Gasteiger partial charge in [0.1, 0.15) is 18.0 Å². The van der Waals surface area contributed by atoms with E-state index in [1.807, 2.05) is 0 Å². The average molecular weight is 477 g/mol. The minimum Gasteiger partial charge on any atom is -0.465 e. The van der Waals surface area contributed by atoms with Crippen molar-refractivity contribution in [3.8, 4) is 11.5 Å². The number of benzene rings is 2. The Morgan fingerprint density at radius 1 is 0.938 bits per heavy atom. The number of hydrogen-bond acceptors (Lipinski definition) is 6. The first-order valence-electron chi connectivity index (χ1n) is 8.99. The molecule has 0 radical (unpaired) electrons. The largest absolute Gasteiger partial charge is 0.471 e. The maximum absolute atomic E-state index is 13.4. The van der Waals surface area contributed by atoms with E-state index in [-0.39, 0.29) is 18.1 Å². The molecule has 2 aromatic carbocycles. The van der Waals surface area contributed by atoms with Gasteiger partial charge in [-0.2, -0.15) is 13.2 Å². The molecule has 0 aromatic heterocycles. The molecule has 0 spiro atoms. The van der Waals surface area contributed by atoms with E-state index in [1.54, 1.807) is 0 Å². The van der Waals surface area contributed by atoms with Gasteiger partial charge in [0, 0.05) is 0 Å². The lowest BCUT2D eigenvalue weighted by Crippen LogP contribution is -2.63. The van der Waals surface area contributed by atoms with E-state index in [4.69, 9.17) is 9.47 Å². The van der Waals surface area contributed by atoms with E-state index in [0.29, 0.717) is 0 Å². The Balaban J connectivity index is 2.75. The molecule has 0 aliphatic heterocycles. The fraction of sp³-hybridized carbons (Fsp3) is 0.263. The molecule has 0 unspecified atom stereocenters. The number of halogens is 3. The van der Waals surface area contributed by atoms with Gasteiger partial charge in [0.15, 0.2) is 0 Å². The van der Waals surface area contributed by atoms with Crippen LogP contribution in [-0.4, -0.2) is 51.5 Å². The molecule has 0 saturated carbocycles. The van der Waals surface area contributed by atoms with Crippen LogP contribution in [0.3, 0.4) is 0 Å². The Bertz CT molecular complexity index is 924. The fourth-order valence-corrected chi connectivity index (χ4v) is 3.40. The molecule has 2 N–H and O–H groups in total. The Hall–Kier alpha value is -3.08. The highest BCUT2D eigenvalue weighted by molar-refractivity contribution is 7.53. The lowest BCUT2D eigenvalue weighted by Gasteiger charge is -2.41. The zero-order valence-electron chi connectivity index (χ0n) is 16.6. The summed E-state index contributed by atoms with van der Waals surface area (Å²) in [5.41, 5.74) is -3.70. The summed E-state index contributed by atoms with van der Waals surface area (Å²) in [6.07, 6.45) is -5.65. The molecule has 2 aromatic rings. The molecule has 9 nitrogen and oxygen atoms in total. The first-order valence-corrected chi connectivity index (χ1v) is 10.6. The monoisotopic (exact) mass is 477 g/mol. The van der Waals surface area contributed by atoms with Crippen molar-refractivity contribution < 1.29 is 51.3 Å². The molecule has 0 saturated heterocycles. The molecule has 1 amide bonds. The third-order valence-electron chi connectivity index (χ3n) is 3.78. The second-order valence-corrected chi connectivity index (χ2v) is 7.77. The van der Waals surface area contributed by atoms with E-state index in [0.717, 1.165) is 0 Å². The van der Waals surface area contributed by atoms with Gasteiger partial charge in [-0.15, -0.1) is 0 Å². The first-order chi connectivity index (χ1) is 14.9. The van der Waals surface area contributed by atoms with E-state index >= 15 is 0 Å². The minimum atomic E-state index is -5.94. The van der Waals surface area contributed by atoms with Gasteiger partial charge in [-0.25, -0.2) is 9.46 Å². The third kappa shape index (κ3) is 6.00. The lowest BCUT2D eigenvalue weighted by molar-refractivity contribution is -0.224. The number of para-hydroxylation sites is 2. The van der Waals surface area contributed by atoms with Crippen LogP contribution in [0, 0.1) is 0 Å². The van der Waals surface area contributed by atoms with Crippen LogP contribution in [0.1, 0.15) is 6.92 Å². The van der Waals surface area contributed by atoms with Crippen LogP contribution in [0.15, 0.2) is 60.7 Å². The number of esters is 1. The van der Waals surface area contributed by atoms with Gasteiger partial charge in [-0.3, -0.25) is 9.59 Å². The smallest absolute Gasteiger partial charge is 0.465 e. The van der Waals surface area contributed by atoms with Crippen LogP contribution in [-0.2, 0) is 18.9 Å². The van der Waals surface area contributed by atoms with Crippen molar-refractivity contribution in [1.82, 2.24) is 4.90 Å². The standard InChI is InChI=1S/C19H19F3NO8P/c1-2-29-16(24)13-23(17(25)18(20,21)22)19(32(26,27)28,30-14-9-5-3-6-10-14)31-15-11-7-4-8-12-15/h3-12H,2,13H2,1H3,(H2,26,27,28). The molecule has 32 heavy (non-hydrogen) atoms. The SMILES string of the molecule is CCOC(=O)CN(C(=O)C(F)(F)F)C(Oc1ccccc1)(Oc1ccccc1)P(=O)(O)O. The Kier molecular flexibility index (Phi) is 7.89. The lowest BCUT2D eigenvalue weighted by atomic mass is 10.3. The second kappa shape index (κ2) is 10.0. The summed E-state index contributed by atoms with van der Waals surface area (Å²) in [5, 5.41) is 0. The predicted octanol–water partition coefficient (Wildman–Crippen LogP) is 2.89. The van der Waals surface area contributed by atoms with Crippen molar-refractivity contribution in [3.05, 3.63) is 60.7 Å². The van der Waals surface area contributed by atoms with Gasteiger partial charge in [0.2, 0.25) is 0 Å². The van der Waals surface area contributed by atoms with Gasteiger partial charge in [0.25, 0.3) is 0 Å². The Labute approximate surface area is 180 Å². The molecular formula is C19H19F3NO8P. The Morgan fingerprint density at radius 3 is 1.72 bits per heavy atom. The first kappa shape index (κ1) is 25.2. The summed E-state index contributed by atoms with van der Waals surface area (Å²) in [6, 6.07) is 13.1. The number of alkyl halides is 3. The zero-order valence-corrected chi connectivity index (χ0v) is 17.5. The van der Waals surface area contributed by atoms with E-state index in [1.165, 1.54) is 67.6 Å². The summed E-state index contributed by atoms with van der Waals surface area (Å²) >= 11 is 0. The fourth-order valence-electron chi connectivity index (χ4n) is 2.48. The number of rotatable bonds is 9. The van der Waals surface area contributed by atoms with Crippen LogP contribution in [0.5, 0.6) is 11.5 Å². The van der Waals surface area contributed by atoms with Crippen LogP contribution in [0.2, 0.25) is 0 Å². The number of carbonyl (C=O) groups is 2. The molecule has 0 bridgehead atoms. The highest BCUT2D eigenvalue weighted by atomic mass is 31.2. The minimum absolute atomic E-state index is 0.269. The van der Waals surface area contributed by atoms with Crippen LogP contribution < -0.4 is 9.47 Å². The summed E-state index contributed by atoms with van der Waals surface area (Å²) in [7, 11) is -5.94. The molecule has 0 atom stereocenters. The van der Waals surface area contributed by atoms with Crippen molar-refractivity contribution in [2.45, 2.75) is 18.8 Å². The topological polar surface area (TPSA) is 123 Å². The molecule has 13 heteroatoms. The van der Waals surface area contributed by atoms with E-state index in [9.17, 15) is 37.1 Å². The number of amides is 1. The summed E-state index contributed by atoms with van der Waals surface area (Å²) in [5.74, 6) is -4.87. The van der Waals surface area contributed by atoms with E-state index in [2.05, 4.69) is 4.74 Å². The van der Waals surface area contributed by atoms with Gasteiger partial charge >= 0.3 is 31.3 Å². The predicted molar refractivity (Wildman–Crippen MR) is 103 cm³/mol. The normalized spacial score (nSPS) is 12.1. The molecule has 0 fully saturated rings. The molecule has 2 rings (SSSR count). The molecular weight excluding hydrogens is 458 g/mol. The van der Waals surface area contributed by atoms with Crippen LogP contribution >= 0.6 is 7.60 Å². The van der Waals surface area contributed by atoms with Gasteiger partial charge in [-0.1, -0.05) is 36.4 Å². The second-order valence-electron chi connectivity index (χ2n) is 6.12. The highest BCUT2D eigenvalue weighted by Crippen LogP contribution is 2.54. The number of nitrogens with zero attached hydrogens (tertiary/aromatic N) is 1. The molecule has 0 aliphatic carbocycles. The zero-order chi connectivity index (χ0) is 24.0. The maximum atomic E-state index is 13.4. The number of ether oxygens (including phenoxy) is 3. The van der Waals surface area contributed by atoms with Crippen molar-refractivity contribution in [2.24, 2.45) is 0 Å². The van der Waals surface area contributed by atoms with Gasteiger partial charge in [-0.05, 0) is 31.2 Å². The summed E-state index contributed by atoms with van der Waals surface area (Å²) in [6.45, 7) is -0.448. The van der Waals surface area contributed by atoms with Gasteiger partial charge in [0.05, 0.1) is 6.61 Å². The maximum Gasteiger partial charge on any atom is 0.471 e. The molecule has 174 valence electrons. The van der Waals surface area contributed by atoms with Crippen molar-refractivity contribution in [1.29, 1.82) is 0 Å². The molecule has 0 heterocycles. The van der Waals surface area contributed by atoms with Crippen molar-refractivity contribution in [3.63, 3.8) is 0 Å². The number of carbonyl (C=O) groups excluding carboxylic acids is 2. The summed E-state index contributed by atoms with van der Waals surface area (Å²) < 4.78 is 67.9. The average Bonchev–Trinajstić information content (AvgIpc) is 2.71. The van der Waals surface area contributed by atoms with Crippen LogP contribution in [0.4, 0.5) is 13.2 Å². The van der Waals surface area contributed by atoms with Crippen molar-refractivity contribution in [2.75, 3.05) is 13.2 Å². The number of hydrogen-bond donors (Lipinski definition) is 2.